The van der Waals surface area contributed by atoms with Gasteiger partial charge >= 0.3 is 0 Å². The van der Waals surface area contributed by atoms with Crippen LogP contribution in [0.5, 0.6) is 0 Å². The number of nitrogens with zero attached hydrogens (tertiary/aromatic N) is 3. The van der Waals surface area contributed by atoms with E-state index >= 15 is 0 Å². The van der Waals surface area contributed by atoms with Crippen LogP contribution in [0.2, 0.25) is 0 Å². The van der Waals surface area contributed by atoms with Gasteiger partial charge < -0.3 is 14.7 Å². The van der Waals surface area contributed by atoms with Gasteiger partial charge in [0, 0.05) is 42.2 Å². The van der Waals surface area contributed by atoms with Crippen molar-refractivity contribution in [1.82, 2.24) is 20.4 Å². The number of piperidine rings is 1. The molecule has 0 aliphatic carbocycles. The highest BCUT2D eigenvalue weighted by Crippen LogP contribution is 2.30. The van der Waals surface area contributed by atoms with Crippen molar-refractivity contribution in [3.05, 3.63) is 69.0 Å². The van der Waals surface area contributed by atoms with Crippen molar-refractivity contribution >= 4 is 23.2 Å². The highest BCUT2D eigenvalue weighted by atomic mass is 32.1. The van der Waals surface area contributed by atoms with Crippen molar-refractivity contribution in [2.45, 2.75) is 45.4 Å². The molecule has 0 unspecified atom stereocenters. The molecule has 3 aromatic rings. The molecule has 4 heterocycles. The summed E-state index contributed by atoms with van der Waals surface area (Å²) in [5.41, 5.74) is 3.16. The predicted molar refractivity (Wildman–Crippen MR) is 123 cm³/mol. The number of pyridine rings is 1. The Morgan fingerprint density at radius 2 is 2.00 bits per heavy atom. The van der Waals surface area contributed by atoms with Crippen LogP contribution < -0.4 is 5.32 Å². The summed E-state index contributed by atoms with van der Waals surface area (Å²) >= 11 is 1.70. The van der Waals surface area contributed by atoms with Gasteiger partial charge in [0.2, 0.25) is 5.91 Å². The van der Waals surface area contributed by atoms with E-state index in [1.54, 1.807) is 17.4 Å². The van der Waals surface area contributed by atoms with E-state index in [0.29, 0.717) is 31.0 Å². The first-order valence-corrected chi connectivity index (χ1v) is 11.9. The van der Waals surface area contributed by atoms with Crippen LogP contribution in [0.25, 0.3) is 0 Å². The maximum absolute atomic E-state index is 12.9. The summed E-state index contributed by atoms with van der Waals surface area (Å²) < 4.78 is 5.18. The molecular formula is C24H28N4O3S. The molecule has 1 fully saturated rings. The van der Waals surface area contributed by atoms with Crippen LogP contribution in [0.3, 0.4) is 0 Å². The zero-order valence-corrected chi connectivity index (χ0v) is 19.3. The number of aromatic nitrogens is 2. The quantitative estimate of drug-likeness (QED) is 0.591. The van der Waals surface area contributed by atoms with Gasteiger partial charge in [0.15, 0.2) is 0 Å². The van der Waals surface area contributed by atoms with E-state index in [-0.39, 0.29) is 24.2 Å². The summed E-state index contributed by atoms with van der Waals surface area (Å²) in [5, 5.41) is 8.93. The fourth-order valence-corrected chi connectivity index (χ4v) is 4.80. The van der Waals surface area contributed by atoms with Gasteiger partial charge in [-0.2, -0.15) is 0 Å². The molecule has 0 bridgehead atoms. The largest absolute Gasteiger partial charge is 0.361 e. The first-order chi connectivity index (χ1) is 15.5. The molecule has 1 aliphatic rings. The average Bonchev–Trinajstić information content (AvgIpc) is 3.45. The Morgan fingerprint density at radius 3 is 2.69 bits per heavy atom. The van der Waals surface area contributed by atoms with Gasteiger partial charge in [0.05, 0.1) is 23.4 Å². The predicted octanol–water partition coefficient (Wildman–Crippen LogP) is 3.67. The Labute approximate surface area is 191 Å². The van der Waals surface area contributed by atoms with E-state index in [9.17, 15) is 9.59 Å². The molecule has 32 heavy (non-hydrogen) atoms. The molecule has 8 heteroatoms. The third-order valence-corrected chi connectivity index (χ3v) is 6.72. The topological polar surface area (TPSA) is 88.3 Å². The van der Waals surface area contributed by atoms with Gasteiger partial charge in [0.1, 0.15) is 5.76 Å². The van der Waals surface area contributed by atoms with E-state index in [2.05, 4.69) is 16.5 Å². The summed E-state index contributed by atoms with van der Waals surface area (Å²) in [6.45, 7) is 5.67. The third-order valence-electron chi connectivity index (χ3n) is 5.78. The van der Waals surface area contributed by atoms with Crippen molar-refractivity contribution in [3.63, 3.8) is 0 Å². The van der Waals surface area contributed by atoms with Crippen molar-refractivity contribution in [2.24, 2.45) is 0 Å². The highest BCUT2D eigenvalue weighted by molar-refractivity contribution is 7.09. The molecule has 2 amide bonds. The maximum Gasteiger partial charge on any atom is 0.253 e. The van der Waals surface area contributed by atoms with Crippen LogP contribution in [-0.4, -0.2) is 46.5 Å². The van der Waals surface area contributed by atoms with Crippen LogP contribution in [0.1, 0.15) is 56.8 Å². The molecule has 0 aromatic carbocycles. The molecule has 1 aliphatic heterocycles. The Morgan fingerprint density at radius 1 is 1.19 bits per heavy atom. The highest BCUT2D eigenvalue weighted by Gasteiger charge is 2.28. The van der Waals surface area contributed by atoms with Crippen LogP contribution in [0.15, 0.2) is 40.2 Å². The fourth-order valence-electron chi connectivity index (χ4n) is 4.09. The smallest absolute Gasteiger partial charge is 0.253 e. The zero-order chi connectivity index (χ0) is 22.5. The Hall–Kier alpha value is -3.00. The molecular weight excluding hydrogens is 424 g/mol. The number of carbonyl (C=O) groups excluding carboxylic acids is 2. The number of aryl methyl sites for hydroxylation is 2. The number of hydrogen-bond acceptors (Lipinski definition) is 6. The molecule has 0 spiro atoms. The molecule has 3 aromatic heterocycles. The maximum atomic E-state index is 12.9. The van der Waals surface area contributed by atoms with Crippen LogP contribution in [-0.2, 0) is 17.6 Å². The normalized spacial score (nSPS) is 14.5. The minimum Gasteiger partial charge on any atom is -0.361 e. The van der Waals surface area contributed by atoms with Gasteiger partial charge in [0.25, 0.3) is 5.91 Å². The summed E-state index contributed by atoms with van der Waals surface area (Å²) in [7, 11) is 0. The van der Waals surface area contributed by atoms with Crippen LogP contribution in [0, 0.1) is 13.8 Å². The zero-order valence-electron chi connectivity index (χ0n) is 18.5. The van der Waals surface area contributed by atoms with E-state index in [1.165, 1.54) is 4.88 Å². The first-order valence-electron chi connectivity index (χ1n) is 11.0. The van der Waals surface area contributed by atoms with Crippen molar-refractivity contribution in [2.75, 3.05) is 19.6 Å². The number of carbonyl (C=O) groups is 2. The lowest BCUT2D eigenvalue weighted by Crippen LogP contribution is -2.39. The standard InChI is InChI=1S/C24H28N4O3S/c1-16-5-6-21(24(30)25-10-7-20-4-3-13-32-20)23(26-16)18-8-11-28(12-9-18)22(29)15-19-14-17(2)27-31-19/h3-6,13-14,18H,7-12,15H2,1-2H3,(H,25,30). The van der Waals surface area contributed by atoms with Gasteiger partial charge in [-0.15, -0.1) is 11.3 Å². The van der Waals surface area contributed by atoms with Crippen molar-refractivity contribution < 1.29 is 14.1 Å². The lowest BCUT2D eigenvalue weighted by Gasteiger charge is -2.32. The molecule has 7 nitrogen and oxygen atoms in total. The van der Waals surface area contributed by atoms with Gasteiger partial charge in [-0.3, -0.25) is 14.6 Å². The van der Waals surface area contributed by atoms with E-state index < -0.39 is 0 Å². The van der Waals surface area contributed by atoms with Gasteiger partial charge in [-0.05, 0) is 56.7 Å². The molecule has 0 atom stereocenters. The number of nitrogens with one attached hydrogen (secondary N) is 1. The number of rotatable bonds is 7. The van der Waals surface area contributed by atoms with Gasteiger partial charge in [-0.1, -0.05) is 11.2 Å². The molecule has 0 radical (unpaired) electrons. The Balaban J connectivity index is 1.36. The van der Waals surface area contributed by atoms with Crippen molar-refractivity contribution in [3.8, 4) is 0 Å². The summed E-state index contributed by atoms with van der Waals surface area (Å²) in [6, 6.07) is 9.66. The molecule has 4 rings (SSSR count). The summed E-state index contributed by atoms with van der Waals surface area (Å²) in [4.78, 5) is 33.4. The van der Waals surface area contributed by atoms with E-state index in [4.69, 9.17) is 9.51 Å². The minimum absolute atomic E-state index is 0.0448. The van der Waals surface area contributed by atoms with Crippen molar-refractivity contribution in [1.29, 1.82) is 0 Å². The van der Waals surface area contributed by atoms with Crippen LogP contribution in [0.4, 0.5) is 0 Å². The first kappa shape index (κ1) is 22.2. The molecule has 168 valence electrons. The SMILES string of the molecule is Cc1cc(CC(=O)N2CCC(c3nc(C)ccc3C(=O)NCCc3cccs3)CC2)on1. The second-order valence-electron chi connectivity index (χ2n) is 8.24. The fraction of sp³-hybridized carbons (Fsp3) is 0.417. The Kier molecular flexibility index (Phi) is 6.99. The number of hydrogen-bond donors (Lipinski definition) is 1. The van der Waals surface area contributed by atoms with E-state index in [0.717, 1.165) is 36.3 Å². The minimum atomic E-state index is -0.0803. The summed E-state index contributed by atoms with van der Waals surface area (Å²) in [6.07, 6.45) is 2.62. The van der Waals surface area contributed by atoms with Gasteiger partial charge in [-0.25, -0.2) is 0 Å². The number of thiophene rings is 1. The lowest BCUT2D eigenvalue weighted by molar-refractivity contribution is -0.131. The number of likely N-dealkylation sites (tertiary alicyclic amines) is 1. The monoisotopic (exact) mass is 452 g/mol. The third kappa shape index (κ3) is 5.43. The molecule has 0 saturated carbocycles. The lowest BCUT2D eigenvalue weighted by atomic mass is 9.89. The number of amides is 2. The summed E-state index contributed by atoms with van der Waals surface area (Å²) in [5.74, 6) is 0.715. The average molecular weight is 453 g/mol. The van der Waals surface area contributed by atoms with E-state index in [1.807, 2.05) is 42.3 Å². The Bertz CT molecular complexity index is 1070. The van der Waals surface area contributed by atoms with Crippen LogP contribution >= 0.6 is 11.3 Å². The second-order valence-corrected chi connectivity index (χ2v) is 9.27. The second kappa shape index (κ2) is 10.1. The molecule has 1 saturated heterocycles. The molecule has 1 N–H and O–H groups in total.